The molecule has 0 radical (unpaired) electrons. The summed E-state index contributed by atoms with van der Waals surface area (Å²) in [5.41, 5.74) is 7.70. The molecule has 0 aliphatic carbocycles. The van der Waals surface area contributed by atoms with Gasteiger partial charge in [0, 0.05) is 44.5 Å². The number of benzene rings is 1. The minimum absolute atomic E-state index is 0.0622. The van der Waals surface area contributed by atoms with E-state index in [9.17, 15) is 9.90 Å². The van der Waals surface area contributed by atoms with Crippen LogP contribution >= 0.6 is 11.3 Å². The number of carbonyl (C=O) groups excluding carboxylic acids is 1. The van der Waals surface area contributed by atoms with E-state index in [1.165, 1.54) is 16.9 Å². The van der Waals surface area contributed by atoms with Crippen molar-refractivity contribution in [1.82, 2.24) is 14.8 Å². The molecule has 1 aliphatic rings. The number of carbonyl (C=O) groups is 1. The first-order valence-corrected chi connectivity index (χ1v) is 9.40. The zero-order valence-electron chi connectivity index (χ0n) is 14.2. The molecule has 2 heterocycles. The largest absolute Gasteiger partial charge is 0.390 e. The lowest BCUT2D eigenvalue weighted by molar-refractivity contribution is -0.132. The van der Waals surface area contributed by atoms with Crippen LogP contribution in [-0.2, 0) is 17.8 Å². The normalized spacial score (nSPS) is 18.9. The third kappa shape index (κ3) is 5.26. The van der Waals surface area contributed by atoms with Gasteiger partial charge in [-0.25, -0.2) is 4.98 Å². The van der Waals surface area contributed by atoms with Crippen LogP contribution in [0.2, 0.25) is 0 Å². The number of nitrogen functional groups attached to an aromatic ring is 1. The van der Waals surface area contributed by atoms with Gasteiger partial charge in [0.25, 0.3) is 0 Å². The summed E-state index contributed by atoms with van der Waals surface area (Å²) < 4.78 is 0. The van der Waals surface area contributed by atoms with Crippen LogP contribution in [-0.4, -0.2) is 58.1 Å². The second-order valence-electron chi connectivity index (χ2n) is 6.39. The van der Waals surface area contributed by atoms with Gasteiger partial charge in [0.05, 0.1) is 11.8 Å². The predicted octanol–water partition coefficient (Wildman–Crippen LogP) is 1.36. The summed E-state index contributed by atoms with van der Waals surface area (Å²) in [6, 6.07) is 10.2. The average molecular weight is 360 g/mol. The molecule has 0 spiro atoms. The standard InChI is InChI=1S/C18H24N4O2S/c19-18-20-15(13-25-18)6-7-17(24)22-9-8-21(11-16(23)12-22)10-14-4-2-1-3-5-14/h1-5,13,16,23H,6-12H2,(H2,19,20)/t16-/m0/s1. The van der Waals surface area contributed by atoms with Crippen LogP contribution in [0.3, 0.4) is 0 Å². The maximum absolute atomic E-state index is 12.5. The number of aromatic nitrogens is 1. The number of rotatable bonds is 5. The van der Waals surface area contributed by atoms with Gasteiger partial charge >= 0.3 is 0 Å². The summed E-state index contributed by atoms with van der Waals surface area (Å²) in [6.45, 7) is 3.17. The highest BCUT2D eigenvalue weighted by Crippen LogP contribution is 2.14. The Labute approximate surface area is 151 Å². The highest BCUT2D eigenvalue weighted by Gasteiger charge is 2.24. The summed E-state index contributed by atoms with van der Waals surface area (Å²) in [7, 11) is 0. The summed E-state index contributed by atoms with van der Waals surface area (Å²) >= 11 is 1.39. The van der Waals surface area contributed by atoms with Gasteiger partial charge < -0.3 is 15.7 Å². The van der Waals surface area contributed by atoms with E-state index in [-0.39, 0.29) is 5.91 Å². The molecule has 0 saturated carbocycles. The predicted molar refractivity (Wildman–Crippen MR) is 99.2 cm³/mol. The van der Waals surface area contributed by atoms with Crippen molar-refractivity contribution in [3.63, 3.8) is 0 Å². The van der Waals surface area contributed by atoms with E-state index in [0.717, 1.165) is 18.8 Å². The fourth-order valence-corrected chi connectivity index (χ4v) is 3.69. The van der Waals surface area contributed by atoms with Crippen molar-refractivity contribution in [2.45, 2.75) is 25.5 Å². The molecule has 1 atom stereocenters. The van der Waals surface area contributed by atoms with Crippen LogP contribution in [0.4, 0.5) is 5.13 Å². The van der Waals surface area contributed by atoms with Crippen LogP contribution in [0.25, 0.3) is 0 Å². The number of nitrogens with zero attached hydrogens (tertiary/aromatic N) is 3. The molecule has 0 unspecified atom stereocenters. The Balaban J connectivity index is 1.52. The highest BCUT2D eigenvalue weighted by atomic mass is 32.1. The first-order valence-electron chi connectivity index (χ1n) is 8.52. The number of hydrogen-bond donors (Lipinski definition) is 2. The van der Waals surface area contributed by atoms with E-state index >= 15 is 0 Å². The molecule has 2 aromatic rings. The number of aryl methyl sites for hydroxylation is 1. The van der Waals surface area contributed by atoms with Crippen molar-refractivity contribution in [3.8, 4) is 0 Å². The van der Waals surface area contributed by atoms with Crippen LogP contribution in [0, 0.1) is 0 Å². The lowest BCUT2D eigenvalue weighted by atomic mass is 10.2. The minimum atomic E-state index is -0.523. The highest BCUT2D eigenvalue weighted by molar-refractivity contribution is 7.13. The number of aliphatic hydroxyl groups excluding tert-OH is 1. The molecule has 1 saturated heterocycles. The van der Waals surface area contributed by atoms with E-state index in [2.05, 4.69) is 22.0 Å². The molecule has 25 heavy (non-hydrogen) atoms. The molecule has 134 valence electrons. The number of amides is 1. The molecular weight excluding hydrogens is 336 g/mol. The summed E-state index contributed by atoms with van der Waals surface area (Å²) in [5, 5.41) is 12.7. The van der Waals surface area contributed by atoms with E-state index in [1.54, 1.807) is 4.90 Å². The van der Waals surface area contributed by atoms with E-state index in [1.807, 2.05) is 23.6 Å². The van der Waals surface area contributed by atoms with Crippen molar-refractivity contribution in [2.24, 2.45) is 0 Å². The van der Waals surface area contributed by atoms with Gasteiger partial charge in [-0.15, -0.1) is 11.3 Å². The van der Waals surface area contributed by atoms with E-state index in [4.69, 9.17) is 5.73 Å². The topological polar surface area (TPSA) is 82.7 Å². The molecular formula is C18H24N4O2S. The molecule has 6 nitrogen and oxygen atoms in total. The zero-order valence-corrected chi connectivity index (χ0v) is 15.0. The quantitative estimate of drug-likeness (QED) is 0.841. The molecule has 1 amide bonds. The first kappa shape index (κ1) is 17.8. The lowest BCUT2D eigenvalue weighted by Gasteiger charge is -2.21. The summed E-state index contributed by atoms with van der Waals surface area (Å²) in [6.07, 6.45) is 0.464. The maximum atomic E-state index is 12.5. The van der Waals surface area contributed by atoms with Crippen LogP contribution in [0.15, 0.2) is 35.7 Å². The fraction of sp³-hybridized carbons (Fsp3) is 0.444. The third-order valence-corrected chi connectivity index (χ3v) is 5.08. The number of β-amino-alcohol motifs (C(OH)–C–C–N with tert-alkyl or cyclic N) is 1. The number of anilines is 1. The van der Waals surface area contributed by atoms with Gasteiger partial charge in [0.2, 0.25) is 5.91 Å². The molecule has 7 heteroatoms. The maximum Gasteiger partial charge on any atom is 0.223 e. The molecule has 1 aromatic carbocycles. The molecule has 1 aliphatic heterocycles. The average Bonchev–Trinajstić information content (AvgIpc) is 2.93. The minimum Gasteiger partial charge on any atom is -0.390 e. The summed E-state index contributed by atoms with van der Waals surface area (Å²) in [5.74, 6) is 0.0622. The van der Waals surface area contributed by atoms with Crippen LogP contribution < -0.4 is 5.73 Å². The van der Waals surface area contributed by atoms with E-state index < -0.39 is 6.10 Å². The third-order valence-electron chi connectivity index (χ3n) is 4.35. The number of thiazole rings is 1. The SMILES string of the molecule is Nc1nc(CCC(=O)N2CCN(Cc3ccccc3)C[C@H](O)C2)cs1. The van der Waals surface area contributed by atoms with Gasteiger partial charge in [-0.05, 0) is 12.0 Å². The van der Waals surface area contributed by atoms with Crippen molar-refractivity contribution >= 4 is 22.4 Å². The Hall–Kier alpha value is -1.96. The van der Waals surface area contributed by atoms with Crippen molar-refractivity contribution in [1.29, 1.82) is 0 Å². The molecule has 1 aromatic heterocycles. The molecule has 3 N–H and O–H groups in total. The molecule has 0 bridgehead atoms. The number of hydrogen-bond acceptors (Lipinski definition) is 6. The van der Waals surface area contributed by atoms with E-state index in [0.29, 0.717) is 37.6 Å². The van der Waals surface area contributed by atoms with Crippen molar-refractivity contribution in [2.75, 3.05) is 31.9 Å². The Bertz CT molecular complexity index is 691. The van der Waals surface area contributed by atoms with Gasteiger partial charge in [-0.1, -0.05) is 30.3 Å². The molecule has 1 fully saturated rings. The second kappa shape index (κ2) is 8.42. The molecule has 3 rings (SSSR count). The monoisotopic (exact) mass is 360 g/mol. The number of nitrogens with two attached hydrogens (primary N) is 1. The van der Waals surface area contributed by atoms with Gasteiger partial charge in [-0.2, -0.15) is 0 Å². The first-order chi connectivity index (χ1) is 12.1. The Morgan fingerprint density at radius 2 is 2.08 bits per heavy atom. The lowest BCUT2D eigenvalue weighted by Crippen LogP contribution is -2.37. The van der Waals surface area contributed by atoms with Gasteiger partial charge in [0.15, 0.2) is 5.13 Å². The van der Waals surface area contributed by atoms with Crippen LogP contribution in [0.1, 0.15) is 17.7 Å². The van der Waals surface area contributed by atoms with Gasteiger partial charge in [-0.3, -0.25) is 9.69 Å². The summed E-state index contributed by atoms with van der Waals surface area (Å²) in [4.78, 5) is 20.6. The second-order valence-corrected chi connectivity index (χ2v) is 7.28. The fourth-order valence-electron chi connectivity index (χ4n) is 3.10. The van der Waals surface area contributed by atoms with Crippen molar-refractivity contribution < 1.29 is 9.90 Å². The van der Waals surface area contributed by atoms with Crippen LogP contribution in [0.5, 0.6) is 0 Å². The number of aliphatic hydroxyl groups is 1. The zero-order chi connectivity index (χ0) is 17.6. The smallest absolute Gasteiger partial charge is 0.223 e. The Kier molecular flexibility index (Phi) is 6.01. The van der Waals surface area contributed by atoms with Crippen molar-refractivity contribution in [3.05, 3.63) is 47.0 Å². The van der Waals surface area contributed by atoms with Gasteiger partial charge in [0.1, 0.15) is 0 Å². The Morgan fingerprint density at radius 3 is 2.80 bits per heavy atom. The Morgan fingerprint density at radius 1 is 1.28 bits per heavy atom.